The number of hydrogen-bond donors (Lipinski definition) is 0. The fraction of sp³-hybridized carbons (Fsp3) is 0.417. The maximum absolute atomic E-state index is 12.5. The Labute approximate surface area is 172 Å². The summed E-state index contributed by atoms with van der Waals surface area (Å²) >= 11 is 0. The zero-order chi connectivity index (χ0) is 21.1. The number of ether oxygens (including phenoxy) is 3. The van der Waals surface area contributed by atoms with Gasteiger partial charge in [-0.2, -0.15) is 0 Å². The lowest BCUT2D eigenvalue weighted by Gasteiger charge is -2.21. The van der Waals surface area contributed by atoms with Crippen LogP contribution in [0.5, 0.6) is 5.75 Å². The Morgan fingerprint density at radius 1 is 1.00 bits per heavy atom. The minimum Gasteiger partial charge on any atom is -0.489 e. The molecule has 0 bridgehead atoms. The summed E-state index contributed by atoms with van der Waals surface area (Å²) in [5.41, 5.74) is 0.621. The summed E-state index contributed by atoms with van der Waals surface area (Å²) in [6.45, 7) is 5.96. The van der Waals surface area contributed by atoms with Crippen LogP contribution < -0.4 is 4.74 Å². The monoisotopic (exact) mass is 396 g/mol. The molecule has 0 aromatic heterocycles. The topological polar surface area (TPSA) is 61.8 Å². The number of methoxy groups -OCH3 is 1. The molecule has 1 aliphatic carbocycles. The summed E-state index contributed by atoms with van der Waals surface area (Å²) in [6, 6.07) is 17.6. The second kappa shape index (κ2) is 8.27. The van der Waals surface area contributed by atoms with Gasteiger partial charge in [0.15, 0.2) is 0 Å². The number of hydrogen-bond acceptors (Lipinski definition) is 5. The van der Waals surface area contributed by atoms with Gasteiger partial charge < -0.3 is 14.2 Å². The molecule has 0 saturated heterocycles. The third-order valence-corrected chi connectivity index (χ3v) is 5.05. The van der Waals surface area contributed by atoms with E-state index in [0.717, 1.165) is 16.9 Å². The van der Waals surface area contributed by atoms with Gasteiger partial charge in [0.05, 0.1) is 18.4 Å². The van der Waals surface area contributed by atoms with E-state index in [-0.39, 0.29) is 11.9 Å². The predicted molar refractivity (Wildman–Crippen MR) is 109 cm³/mol. The number of carbonyl (C=O) groups excluding carboxylic acids is 2. The minimum absolute atomic E-state index is 0.342. The van der Waals surface area contributed by atoms with Gasteiger partial charge in [-0.05, 0) is 56.9 Å². The molecule has 2 aromatic rings. The summed E-state index contributed by atoms with van der Waals surface area (Å²) in [6.07, 6.45) is 0.878. The molecule has 1 saturated carbocycles. The molecule has 5 heteroatoms. The number of benzene rings is 2. The molecule has 3 rings (SSSR count). The first-order valence-corrected chi connectivity index (χ1v) is 9.80. The second-order valence-electron chi connectivity index (χ2n) is 8.53. The fourth-order valence-electron chi connectivity index (χ4n) is 3.49. The van der Waals surface area contributed by atoms with Crippen LogP contribution in [0.2, 0.25) is 0 Å². The van der Waals surface area contributed by atoms with Gasteiger partial charge in [-0.25, -0.2) is 0 Å². The summed E-state index contributed by atoms with van der Waals surface area (Å²) in [4.78, 5) is 24.9. The van der Waals surface area contributed by atoms with Crippen LogP contribution >= 0.6 is 0 Å². The summed E-state index contributed by atoms with van der Waals surface area (Å²) < 4.78 is 16.3. The van der Waals surface area contributed by atoms with Crippen LogP contribution in [0.4, 0.5) is 0 Å². The largest absolute Gasteiger partial charge is 0.489 e. The quantitative estimate of drug-likeness (QED) is 0.652. The standard InChI is InChI=1S/C24H28O5/c1-23(2,3)29-21(25)20-15-24(20,22(26)27-4)14-17-10-12-19(13-11-17)28-16-18-8-6-5-7-9-18/h5-13,20H,14-16H2,1-4H3/t20-,24+/m1/s1. The first-order valence-electron chi connectivity index (χ1n) is 9.80. The smallest absolute Gasteiger partial charge is 0.313 e. The van der Waals surface area contributed by atoms with E-state index in [1.165, 1.54) is 7.11 Å². The van der Waals surface area contributed by atoms with Crippen molar-refractivity contribution in [2.45, 2.75) is 45.8 Å². The van der Waals surface area contributed by atoms with Crippen molar-refractivity contribution in [3.63, 3.8) is 0 Å². The Bertz CT molecular complexity index is 851. The van der Waals surface area contributed by atoms with Gasteiger partial charge in [0.25, 0.3) is 0 Å². The molecule has 1 aliphatic rings. The van der Waals surface area contributed by atoms with Crippen molar-refractivity contribution in [3.05, 3.63) is 65.7 Å². The van der Waals surface area contributed by atoms with Crippen molar-refractivity contribution >= 4 is 11.9 Å². The van der Waals surface area contributed by atoms with Gasteiger partial charge in [-0.15, -0.1) is 0 Å². The Kier molecular flexibility index (Phi) is 5.96. The Hall–Kier alpha value is -2.82. The molecule has 5 nitrogen and oxygen atoms in total. The predicted octanol–water partition coefficient (Wildman–Crippen LogP) is 4.33. The Morgan fingerprint density at radius 2 is 1.66 bits per heavy atom. The molecule has 0 spiro atoms. The molecule has 0 N–H and O–H groups in total. The molecule has 29 heavy (non-hydrogen) atoms. The molecule has 0 amide bonds. The fourth-order valence-corrected chi connectivity index (χ4v) is 3.49. The van der Waals surface area contributed by atoms with Crippen molar-refractivity contribution in [2.24, 2.45) is 11.3 Å². The van der Waals surface area contributed by atoms with E-state index < -0.39 is 16.9 Å². The van der Waals surface area contributed by atoms with E-state index in [1.807, 2.05) is 75.4 Å². The summed E-state index contributed by atoms with van der Waals surface area (Å²) in [5.74, 6) is -0.420. The molecule has 0 aliphatic heterocycles. The van der Waals surface area contributed by atoms with Gasteiger partial charge in [0.2, 0.25) is 0 Å². The van der Waals surface area contributed by atoms with Crippen molar-refractivity contribution in [2.75, 3.05) is 7.11 Å². The van der Waals surface area contributed by atoms with Crippen LogP contribution in [0.15, 0.2) is 54.6 Å². The molecule has 1 fully saturated rings. The highest BCUT2D eigenvalue weighted by atomic mass is 16.6. The van der Waals surface area contributed by atoms with Crippen molar-refractivity contribution in [1.29, 1.82) is 0 Å². The zero-order valence-corrected chi connectivity index (χ0v) is 17.4. The van der Waals surface area contributed by atoms with Crippen molar-refractivity contribution in [3.8, 4) is 5.75 Å². The first kappa shape index (κ1) is 20.9. The van der Waals surface area contributed by atoms with E-state index in [4.69, 9.17) is 14.2 Å². The van der Waals surface area contributed by atoms with Crippen LogP contribution in [0.25, 0.3) is 0 Å². The van der Waals surface area contributed by atoms with Gasteiger partial charge in [-0.3, -0.25) is 9.59 Å². The SMILES string of the molecule is COC(=O)[C@@]1(Cc2ccc(OCc3ccccc3)cc2)C[C@@H]1C(=O)OC(C)(C)C. The molecule has 154 valence electrons. The molecule has 2 aromatic carbocycles. The summed E-state index contributed by atoms with van der Waals surface area (Å²) in [7, 11) is 1.36. The maximum Gasteiger partial charge on any atom is 0.313 e. The lowest BCUT2D eigenvalue weighted by molar-refractivity contribution is -0.161. The highest BCUT2D eigenvalue weighted by Crippen LogP contribution is 2.56. The maximum atomic E-state index is 12.5. The second-order valence-corrected chi connectivity index (χ2v) is 8.53. The van der Waals surface area contributed by atoms with Gasteiger partial charge in [-0.1, -0.05) is 42.5 Å². The number of esters is 2. The molecule has 2 atom stereocenters. The van der Waals surface area contributed by atoms with Crippen LogP contribution in [0.1, 0.15) is 38.3 Å². The lowest BCUT2D eigenvalue weighted by Crippen LogP contribution is -2.30. The van der Waals surface area contributed by atoms with E-state index in [9.17, 15) is 9.59 Å². The third kappa shape index (κ3) is 5.17. The molecular formula is C24H28O5. The number of carbonyl (C=O) groups is 2. The molecule has 0 unspecified atom stereocenters. The summed E-state index contributed by atoms with van der Waals surface area (Å²) in [5, 5.41) is 0. The van der Waals surface area contributed by atoms with Crippen LogP contribution in [-0.4, -0.2) is 24.6 Å². The third-order valence-electron chi connectivity index (χ3n) is 5.05. The van der Waals surface area contributed by atoms with E-state index in [1.54, 1.807) is 0 Å². The van der Waals surface area contributed by atoms with Crippen molar-refractivity contribution in [1.82, 2.24) is 0 Å². The van der Waals surface area contributed by atoms with Crippen molar-refractivity contribution < 1.29 is 23.8 Å². The first-order chi connectivity index (χ1) is 13.7. The van der Waals surface area contributed by atoms with E-state index in [0.29, 0.717) is 19.4 Å². The highest BCUT2D eigenvalue weighted by molar-refractivity contribution is 5.91. The molecule has 0 radical (unpaired) electrons. The average molecular weight is 396 g/mol. The number of rotatable bonds is 7. The van der Waals surface area contributed by atoms with Gasteiger partial charge in [0.1, 0.15) is 18.0 Å². The highest BCUT2D eigenvalue weighted by Gasteiger charge is 2.65. The average Bonchev–Trinajstić information content (AvgIpc) is 3.42. The van der Waals surface area contributed by atoms with Gasteiger partial charge >= 0.3 is 11.9 Å². The van der Waals surface area contributed by atoms with E-state index in [2.05, 4.69) is 0 Å². The van der Waals surface area contributed by atoms with Crippen LogP contribution in [-0.2, 0) is 32.1 Å². The minimum atomic E-state index is -0.844. The Balaban J connectivity index is 1.65. The Morgan fingerprint density at radius 3 is 2.24 bits per heavy atom. The van der Waals surface area contributed by atoms with E-state index >= 15 is 0 Å². The zero-order valence-electron chi connectivity index (χ0n) is 17.4. The molecular weight excluding hydrogens is 368 g/mol. The normalized spacial score (nSPS) is 20.6. The lowest BCUT2D eigenvalue weighted by atomic mass is 9.93. The van der Waals surface area contributed by atoms with Crippen LogP contribution in [0, 0.1) is 11.3 Å². The molecule has 0 heterocycles. The van der Waals surface area contributed by atoms with Crippen LogP contribution in [0.3, 0.4) is 0 Å². The van der Waals surface area contributed by atoms with Gasteiger partial charge in [0, 0.05) is 0 Å².